The van der Waals surface area contributed by atoms with Crippen LogP contribution in [0.3, 0.4) is 0 Å². The number of hydrogen-bond donors (Lipinski definition) is 0. The van der Waals surface area contributed by atoms with Crippen LogP contribution >= 0.6 is 7.60 Å². The van der Waals surface area contributed by atoms with Gasteiger partial charge in [0.25, 0.3) is 0 Å². The normalized spacial score (nSPS) is 10.9. The minimum Gasteiger partial charge on any atom is -0.326 e. The van der Waals surface area contributed by atoms with E-state index in [-0.39, 0.29) is 41.8 Å². The standard InChI is InChI=1S/C8H15NO3P.Na/c1-7(2)11-13(10,6-5-9)12-8(3)4;/h6-8H,1-4H3;/q-1;+1. The summed E-state index contributed by atoms with van der Waals surface area (Å²) in [5.41, 5.74) is 0. The Hall–Kier alpha value is 0.510. The third-order valence-corrected chi connectivity index (χ3v) is 2.79. The molecule has 0 aliphatic carbocycles. The van der Waals surface area contributed by atoms with Crippen LogP contribution in [0.2, 0.25) is 0 Å². The van der Waals surface area contributed by atoms with E-state index in [1.807, 2.05) is 0 Å². The molecular formula is C8H15NNaO3P. The van der Waals surface area contributed by atoms with Gasteiger partial charge in [-0.2, -0.15) is 6.16 Å². The average Bonchev–Trinajstić information content (AvgIpc) is 1.81. The first-order valence-electron chi connectivity index (χ1n) is 4.10. The van der Waals surface area contributed by atoms with Gasteiger partial charge in [0.2, 0.25) is 7.60 Å². The molecule has 0 spiro atoms. The van der Waals surface area contributed by atoms with Gasteiger partial charge in [-0.25, -0.2) is 5.26 Å². The summed E-state index contributed by atoms with van der Waals surface area (Å²) in [5, 5.41) is 8.39. The van der Waals surface area contributed by atoms with Gasteiger partial charge in [0.15, 0.2) is 0 Å². The van der Waals surface area contributed by atoms with Crippen molar-refractivity contribution in [1.29, 1.82) is 5.26 Å². The molecule has 0 N–H and O–H groups in total. The third-order valence-electron chi connectivity index (χ3n) is 0.931. The Kier molecular flexibility index (Phi) is 9.38. The molecule has 0 saturated heterocycles. The fraction of sp³-hybridized carbons (Fsp3) is 0.750. The molecule has 4 nitrogen and oxygen atoms in total. The molecule has 14 heavy (non-hydrogen) atoms. The molecule has 76 valence electrons. The molecule has 0 unspecified atom stereocenters. The number of nitriles is 1. The van der Waals surface area contributed by atoms with E-state index in [0.29, 0.717) is 0 Å². The van der Waals surface area contributed by atoms with Crippen LogP contribution in [-0.2, 0) is 13.6 Å². The van der Waals surface area contributed by atoms with E-state index >= 15 is 0 Å². The van der Waals surface area contributed by atoms with Crippen LogP contribution in [0.15, 0.2) is 0 Å². The van der Waals surface area contributed by atoms with Crippen LogP contribution in [0.5, 0.6) is 0 Å². The van der Waals surface area contributed by atoms with Gasteiger partial charge in [0, 0.05) is 0 Å². The van der Waals surface area contributed by atoms with Gasteiger partial charge in [-0.15, -0.1) is 0 Å². The molecule has 0 atom stereocenters. The summed E-state index contributed by atoms with van der Waals surface area (Å²) in [6.45, 7) is 6.95. The van der Waals surface area contributed by atoms with Crippen molar-refractivity contribution < 1.29 is 43.2 Å². The van der Waals surface area contributed by atoms with Crippen LogP contribution < -0.4 is 29.6 Å². The Morgan fingerprint density at radius 3 is 1.79 bits per heavy atom. The molecule has 6 heteroatoms. The average molecular weight is 227 g/mol. The second kappa shape index (κ2) is 7.76. The summed E-state index contributed by atoms with van der Waals surface area (Å²) in [4.78, 5) is 0. The molecule has 0 saturated carbocycles. The van der Waals surface area contributed by atoms with Gasteiger partial charge >= 0.3 is 29.6 Å². The molecule has 0 rings (SSSR count). The zero-order chi connectivity index (χ0) is 10.5. The third kappa shape index (κ3) is 7.87. The second-order valence-corrected chi connectivity index (χ2v) is 4.87. The molecule has 0 aliphatic heterocycles. The van der Waals surface area contributed by atoms with Crippen molar-refractivity contribution in [3.8, 4) is 6.07 Å². The van der Waals surface area contributed by atoms with Crippen molar-refractivity contribution in [2.75, 3.05) is 0 Å². The zero-order valence-electron chi connectivity index (χ0n) is 9.35. The van der Waals surface area contributed by atoms with Crippen LogP contribution in [0.4, 0.5) is 0 Å². The molecule has 0 aromatic heterocycles. The van der Waals surface area contributed by atoms with Crippen LogP contribution in [0.1, 0.15) is 27.7 Å². The minimum absolute atomic E-state index is 0. The van der Waals surface area contributed by atoms with Gasteiger partial charge in [-0.05, 0) is 27.7 Å². The number of hydrogen-bond acceptors (Lipinski definition) is 4. The molecule has 0 heterocycles. The van der Waals surface area contributed by atoms with E-state index in [0.717, 1.165) is 6.16 Å². The Labute approximate surface area is 108 Å². The van der Waals surface area contributed by atoms with Crippen molar-refractivity contribution in [3.63, 3.8) is 0 Å². The monoisotopic (exact) mass is 227 g/mol. The molecule has 0 amide bonds. The summed E-state index contributed by atoms with van der Waals surface area (Å²) < 4.78 is 21.8. The maximum Gasteiger partial charge on any atom is 1.00 e. The van der Waals surface area contributed by atoms with Crippen LogP contribution in [0, 0.1) is 17.5 Å². The van der Waals surface area contributed by atoms with E-state index < -0.39 is 7.60 Å². The quantitative estimate of drug-likeness (QED) is 0.368. The predicted octanol–water partition coefficient (Wildman–Crippen LogP) is -0.281. The van der Waals surface area contributed by atoms with E-state index in [1.165, 1.54) is 0 Å². The molecule has 0 radical (unpaired) electrons. The van der Waals surface area contributed by atoms with Crippen LogP contribution in [-0.4, -0.2) is 12.2 Å². The molecule has 0 bridgehead atoms. The van der Waals surface area contributed by atoms with Crippen molar-refractivity contribution in [2.45, 2.75) is 39.9 Å². The summed E-state index contributed by atoms with van der Waals surface area (Å²) in [7, 11) is -3.32. The van der Waals surface area contributed by atoms with Gasteiger partial charge in [-0.1, -0.05) is 6.07 Å². The SMILES string of the molecule is CC(C)OP(=O)([CH-]C#N)OC(C)C.[Na+]. The van der Waals surface area contributed by atoms with E-state index in [4.69, 9.17) is 14.3 Å². The molecular weight excluding hydrogens is 212 g/mol. The van der Waals surface area contributed by atoms with Crippen molar-refractivity contribution in [3.05, 3.63) is 6.16 Å². The molecule has 0 aromatic rings. The first-order valence-corrected chi connectivity index (χ1v) is 5.71. The largest absolute Gasteiger partial charge is 1.00 e. The first kappa shape index (κ1) is 16.9. The van der Waals surface area contributed by atoms with Gasteiger partial charge in [-0.3, -0.25) is 4.57 Å². The Morgan fingerprint density at radius 1 is 1.21 bits per heavy atom. The minimum atomic E-state index is -3.32. The topological polar surface area (TPSA) is 59.3 Å². The second-order valence-electron chi connectivity index (χ2n) is 3.11. The van der Waals surface area contributed by atoms with Gasteiger partial charge in [0.05, 0.1) is 12.2 Å². The van der Waals surface area contributed by atoms with E-state index in [1.54, 1.807) is 33.8 Å². The van der Waals surface area contributed by atoms with Crippen molar-refractivity contribution in [2.24, 2.45) is 0 Å². The summed E-state index contributed by atoms with van der Waals surface area (Å²) in [5.74, 6) is 0. The Morgan fingerprint density at radius 2 is 1.57 bits per heavy atom. The zero-order valence-corrected chi connectivity index (χ0v) is 12.2. The fourth-order valence-corrected chi connectivity index (χ4v) is 2.23. The van der Waals surface area contributed by atoms with Gasteiger partial charge < -0.3 is 9.05 Å². The Bertz CT molecular complexity index is 223. The molecule has 0 aliphatic rings. The predicted molar refractivity (Wildman–Crippen MR) is 50.0 cm³/mol. The summed E-state index contributed by atoms with van der Waals surface area (Å²) >= 11 is 0. The molecule has 0 fully saturated rings. The molecule has 0 aromatic carbocycles. The maximum absolute atomic E-state index is 11.7. The van der Waals surface area contributed by atoms with Crippen molar-refractivity contribution >= 4 is 7.60 Å². The summed E-state index contributed by atoms with van der Waals surface area (Å²) in [6, 6.07) is 1.68. The van der Waals surface area contributed by atoms with Gasteiger partial charge in [0.1, 0.15) is 0 Å². The van der Waals surface area contributed by atoms with Crippen LogP contribution in [0.25, 0.3) is 0 Å². The van der Waals surface area contributed by atoms with E-state index in [2.05, 4.69) is 0 Å². The fourth-order valence-electron chi connectivity index (χ4n) is 0.744. The Balaban J connectivity index is 0. The summed E-state index contributed by atoms with van der Waals surface area (Å²) in [6.07, 6.45) is 0.468. The maximum atomic E-state index is 11.7. The smallest absolute Gasteiger partial charge is 0.326 e. The first-order chi connectivity index (χ1) is 5.89. The number of rotatable bonds is 5. The number of nitrogens with zero attached hydrogens (tertiary/aromatic N) is 1. The van der Waals surface area contributed by atoms with Crippen molar-refractivity contribution in [1.82, 2.24) is 0 Å². The van der Waals surface area contributed by atoms with E-state index in [9.17, 15) is 4.57 Å².